The summed E-state index contributed by atoms with van der Waals surface area (Å²) in [6.45, 7) is 5.00. The molecule has 0 aliphatic carbocycles. The minimum absolute atomic E-state index is 0.187. The van der Waals surface area contributed by atoms with Crippen molar-refractivity contribution in [2.45, 2.75) is 18.7 Å². The van der Waals surface area contributed by atoms with E-state index >= 15 is 0 Å². The molecule has 1 saturated heterocycles. The molecule has 2 aromatic carbocycles. The predicted molar refractivity (Wildman–Crippen MR) is 107 cm³/mol. The van der Waals surface area contributed by atoms with Crippen LogP contribution in [0.1, 0.15) is 16.7 Å². The number of halogens is 1. The average molecular weight is 402 g/mol. The van der Waals surface area contributed by atoms with E-state index in [0.29, 0.717) is 13.1 Å². The van der Waals surface area contributed by atoms with Crippen LogP contribution in [-0.4, -0.2) is 49.7 Å². The van der Waals surface area contributed by atoms with Gasteiger partial charge in [0, 0.05) is 32.3 Å². The van der Waals surface area contributed by atoms with E-state index in [-0.39, 0.29) is 29.7 Å². The summed E-state index contributed by atoms with van der Waals surface area (Å²) in [6, 6.07) is 11.0. The number of hydrogen-bond donors (Lipinski definition) is 0. The Balaban J connectivity index is 1.62. The van der Waals surface area contributed by atoms with Crippen LogP contribution in [0.4, 0.5) is 4.39 Å². The lowest BCUT2D eigenvalue weighted by molar-refractivity contribution is -0.127. The molecule has 0 radical (unpaired) electrons. The van der Waals surface area contributed by atoms with Crippen molar-refractivity contribution in [2.24, 2.45) is 0 Å². The molecule has 1 aliphatic heterocycles. The summed E-state index contributed by atoms with van der Waals surface area (Å²) in [7, 11) is -3.57. The maximum absolute atomic E-state index is 12.9. The Morgan fingerprint density at radius 3 is 2.21 bits per heavy atom. The second kappa shape index (κ2) is 8.24. The molecule has 1 amide bonds. The molecular formula is C21H23FN2O3S. The number of amides is 1. The van der Waals surface area contributed by atoms with Crippen LogP contribution < -0.4 is 0 Å². The van der Waals surface area contributed by atoms with Crippen LogP contribution in [0, 0.1) is 19.7 Å². The first kappa shape index (κ1) is 20.2. The molecule has 1 aliphatic rings. The van der Waals surface area contributed by atoms with E-state index in [0.717, 1.165) is 16.7 Å². The first-order chi connectivity index (χ1) is 13.3. The average Bonchev–Trinajstić information content (AvgIpc) is 2.69. The first-order valence-corrected chi connectivity index (χ1v) is 10.5. The lowest BCUT2D eigenvalue weighted by atomic mass is 10.1. The maximum atomic E-state index is 12.9. The highest BCUT2D eigenvalue weighted by molar-refractivity contribution is 7.89. The number of aryl methyl sites for hydroxylation is 2. The molecule has 0 atom stereocenters. The zero-order valence-electron chi connectivity index (χ0n) is 15.9. The molecule has 1 fully saturated rings. The standard InChI is InChI=1S/C21H23FN2O3S/c1-16-3-9-20(15-17(16)2)28(26,27)24-13-11-23(12-14-24)21(25)10-6-18-4-7-19(22)8-5-18/h3-10,15H,11-14H2,1-2H3. The summed E-state index contributed by atoms with van der Waals surface area (Å²) in [4.78, 5) is 14.2. The van der Waals surface area contributed by atoms with Gasteiger partial charge in [0.25, 0.3) is 0 Å². The van der Waals surface area contributed by atoms with Crippen LogP contribution in [0.2, 0.25) is 0 Å². The lowest BCUT2D eigenvalue weighted by Crippen LogP contribution is -2.50. The molecule has 28 heavy (non-hydrogen) atoms. The maximum Gasteiger partial charge on any atom is 0.246 e. The number of carbonyl (C=O) groups is 1. The number of nitrogens with zero attached hydrogens (tertiary/aromatic N) is 2. The van der Waals surface area contributed by atoms with E-state index in [2.05, 4.69) is 0 Å². The van der Waals surface area contributed by atoms with Gasteiger partial charge in [0.05, 0.1) is 4.90 Å². The van der Waals surface area contributed by atoms with Gasteiger partial charge in [0.15, 0.2) is 0 Å². The third-order valence-electron chi connectivity index (χ3n) is 4.95. The molecule has 3 rings (SSSR count). The van der Waals surface area contributed by atoms with Gasteiger partial charge in [-0.2, -0.15) is 4.31 Å². The van der Waals surface area contributed by atoms with Gasteiger partial charge in [-0.3, -0.25) is 4.79 Å². The van der Waals surface area contributed by atoms with E-state index < -0.39 is 10.0 Å². The van der Waals surface area contributed by atoms with Crippen LogP contribution >= 0.6 is 0 Å². The summed E-state index contributed by atoms with van der Waals surface area (Å²) in [6.07, 6.45) is 3.06. The van der Waals surface area contributed by atoms with Gasteiger partial charge in [0.1, 0.15) is 5.82 Å². The van der Waals surface area contributed by atoms with Crippen LogP contribution in [0.3, 0.4) is 0 Å². The van der Waals surface area contributed by atoms with E-state index in [1.807, 2.05) is 19.9 Å². The Labute approximate surface area is 165 Å². The minimum Gasteiger partial charge on any atom is -0.337 e. The first-order valence-electron chi connectivity index (χ1n) is 9.07. The molecule has 1 heterocycles. The highest BCUT2D eigenvalue weighted by atomic mass is 32.2. The van der Waals surface area contributed by atoms with Gasteiger partial charge in [-0.1, -0.05) is 18.2 Å². The monoisotopic (exact) mass is 402 g/mol. The van der Waals surface area contributed by atoms with E-state index in [4.69, 9.17) is 0 Å². The van der Waals surface area contributed by atoms with Crippen molar-refractivity contribution < 1.29 is 17.6 Å². The van der Waals surface area contributed by atoms with E-state index in [9.17, 15) is 17.6 Å². The number of carbonyl (C=O) groups excluding carboxylic acids is 1. The molecule has 5 nitrogen and oxygen atoms in total. The van der Waals surface area contributed by atoms with Crippen molar-refractivity contribution in [1.82, 2.24) is 9.21 Å². The summed E-state index contributed by atoms with van der Waals surface area (Å²) in [5, 5.41) is 0. The number of rotatable bonds is 4. The van der Waals surface area contributed by atoms with Crippen molar-refractivity contribution in [3.05, 3.63) is 71.0 Å². The molecule has 0 aromatic heterocycles. The third kappa shape index (κ3) is 4.48. The van der Waals surface area contributed by atoms with Crippen LogP contribution in [0.25, 0.3) is 6.08 Å². The Morgan fingerprint density at radius 1 is 0.964 bits per heavy atom. The third-order valence-corrected chi connectivity index (χ3v) is 6.85. The van der Waals surface area contributed by atoms with Crippen LogP contribution in [-0.2, 0) is 14.8 Å². The quantitative estimate of drug-likeness (QED) is 0.739. The molecule has 2 aromatic rings. The summed E-state index contributed by atoms with van der Waals surface area (Å²) < 4.78 is 40.0. The number of hydrogen-bond acceptors (Lipinski definition) is 3. The predicted octanol–water partition coefficient (Wildman–Crippen LogP) is 2.99. The molecular weight excluding hydrogens is 379 g/mol. The van der Waals surface area contributed by atoms with Gasteiger partial charge in [-0.15, -0.1) is 0 Å². The van der Waals surface area contributed by atoms with E-state index in [1.165, 1.54) is 22.5 Å². The Kier molecular flexibility index (Phi) is 5.96. The molecule has 0 N–H and O–H groups in total. The van der Waals surface area contributed by atoms with Crippen molar-refractivity contribution in [3.63, 3.8) is 0 Å². The fraction of sp³-hybridized carbons (Fsp3) is 0.286. The molecule has 0 spiro atoms. The molecule has 0 saturated carbocycles. The largest absolute Gasteiger partial charge is 0.337 e. The zero-order chi connectivity index (χ0) is 20.3. The number of sulfonamides is 1. The Morgan fingerprint density at radius 2 is 1.61 bits per heavy atom. The summed E-state index contributed by atoms with van der Waals surface area (Å²) >= 11 is 0. The Hall–Kier alpha value is -2.51. The summed E-state index contributed by atoms with van der Waals surface area (Å²) in [5.41, 5.74) is 2.70. The van der Waals surface area contributed by atoms with Gasteiger partial charge >= 0.3 is 0 Å². The Bertz CT molecular complexity index is 993. The van der Waals surface area contributed by atoms with E-state index in [1.54, 1.807) is 35.2 Å². The van der Waals surface area contributed by atoms with Gasteiger partial charge in [-0.05, 0) is 60.9 Å². The van der Waals surface area contributed by atoms with Crippen molar-refractivity contribution in [3.8, 4) is 0 Å². The number of piperazine rings is 1. The highest BCUT2D eigenvalue weighted by Crippen LogP contribution is 2.20. The smallest absolute Gasteiger partial charge is 0.246 e. The highest BCUT2D eigenvalue weighted by Gasteiger charge is 2.29. The molecule has 148 valence electrons. The molecule has 0 unspecified atom stereocenters. The summed E-state index contributed by atoms with van der Waals surface area (Å²) in [5.74, 6) is -0.517. The van der Waals surface area contributed by atoms with Crippen LogP contribution in [0.5, 0.6) is 0 Å². The fourth-order valence-electron chi connectivity index (χ4n) is 3.02. The second-order valence-electron chi connectivity index (χ2n) is 6.86. The number of benzene rings is 2. The van der Waals surface area contributed by atoms with Gasteiger partial charge in [0.2, 0.25) is 15.9 Å². The lowest BCUT2D eigenvalue weighted by Gasteiger charge is -2.33. The van der Waals surface area contributed by atoms with Crippen molar-refractivity contribution in [1.29, 1.82) is 0 Å². The topological polar surface area (TPSA) is 57.7 Å². The molecule has 7 heteroatoms. The van der Waals surface area contributed by atoms with Crippen molar-refractivity contribution in [2.75, 3.05) is 26.2 Å². The fourth-order valence-corrected chi connectivity index (χ4v) is 4.53. The molecule has 0 bridgehead atoms. The van der Waals surface area contributed by atoms with Gasteiger partial charge in [-0.25, -0.2) is 12.8 Å². The second-order valence-corrected chi connectivity index (χ2v) is 8.80. The van der Waals surface area contributed by atoms with Crippen molar-refractivity contribution >= 4 is 22.0 Å². The van der Waals surface area contributed by atoms with Gasteiger partial charge < -0.3 is 4.90 Å². The normalized spacial score (nSPS) is 15.9. The zero-order valence-corrected chi connectivity index (χ0v) is 16.7. The SMILES string of the molecule is Cc1ccc(S(=O)(=O)N2CCN(C(=O)C=Cc3ccc(F)cc3)CC2)cc1C. The van der Waals surface area contributed by atoms with Crippen LogP contribution in [0.15, 0.2) is 53.4 Å². The minimum atomic E-state index is -3.57.